The summed E-state index contributed by atoms with van der Waals surface area (Å²) in [6.07, 6.45) is -5.49. The minimum Gasteiger partial charge on any atom is -0.743 e. The van der Waals surface area contributed by atoms with Crippen LogP contribution in [0.1, 0.15) is 0 Å². The van der Waals surface area contributed by atoms with Crippen molar-refractivity contribution >= 4 is 20.9 Å². The van der Waals surface area contributed by atoms with Gasteiger partial charge in [0, 0.05) is 0 Å². The molecule has 9 heteroatoms. The fourth-order valence-electron chi connectivity index (χ4n) is 1.58. The standard InChI is InChI=1S/C12H8F4O4S/c13-11(14,12(15,16)21(17,18)19)20-10-6-5-8-3-1-2-4-9(8)7-10/h1-7H,(H,17,18,19)/p-1. The van der Waals surface area contributed by atoms with Crippen molar-refractivity contribution < 1.29 is 35.3 Å². The van der Waals surface area contributed by atoms with Crippen LogP contribution >= 0.6 is 0 Å². The molecule has 21 heavy (non-hydrogen) atoms. The number of halogens is 4. The molecule has 2 rings (SSSR count). The Labute approximate surface area is 116 Å². The lowest BCUT2D eigenvalue weighted by atomic mass is 10.1. The first kappa shape index (κ1) is 15.5. The minimum atomic E-state index is -6.58. The molecule has 0 aliphatic heterocycles. The molecule has 0 fully saturated rings. The van der Waals surface area contributed by atoms with E-state index in [-0.39, 0.29) is 0 Å². The fraction of sp³-hybridized carbons (Fsp3) is 0.167. The summed E-state index contributed by atoms with van der Waals surface area (Å²) in [6.45, 7) is 0. The monoisotopic (exact) mass is 323 g/mol. The van der Waals surface area contributed by atoms with Crippen molar-refractivity contribution in [2.75, 3.05) is 0 Å². The lowest BCUT2D eigenvalue weighted by Crippen LogP contribution is -2.50. The Kier molecular flexibility index (Phi) is 3.58. The third kappa shape index (κ3) is 2.79. The van der Waals surface area contributed by atoms with Gasteiger partial charge in [0.2, 0.25) is 0 Å². The van der Waals surface area contributed by atoms with Gasteiger partial charge in [-0.2, -0.15) is 17.6 Å². The number of benzene rings is 2. The van der Waals surface area contributed by atoms with E-state index in [1.807, 2.05) is 0 Å². The van der Waals surface area contributed by atoms with Crippen LogP contribution in [0.25, 0.3) is 10.8 Å². The maximum atomic E-state index is 13.2. The summed E-state index contributed by atoms with van der Waals surface area (Å²) in [5.41, 5.74) is 0. The first-order chi connectivity index (χ1) is 9.54. The van der Waals surface area contributed by atoms with Gasteiger partial charge in [-0.25, -0.2) is 8.42 Å². The van der Waals surface area contributed by atoms with Crippen LogP contribution in [0, 0.1) is 0 Å². The molecule has 2 aromatic rings. The molecule has 4 nitrogen and oxygen atoms in total. The topological polar surface area (TPSA) is 66.4 Å². The van der Waals surface area contributed by atoms with Crippen molar-refractivity contribution in [2.45, 2.75) is 11.4 Å². The molecule has 0 saturated heterocycles. The largest absolute Gasteiger partial charge is 0.743 e. The number of rotatable bonds is 4. The molecule has 0 N–H and O–H groups in total. The molecular formula is C12H7F4O4S-. The highest BCUT2D eigenvalue weighted by Gasteiger charge is 2.65. The van der Waals surface area contributed by atoms with Crippen molar-refractivity contribution in [3.05, 3.63) is 42.5 Å². The second kappa shape index (κ2) is 4.85. The molecule has 0 atom stereocenters. The van der Waals surface area contributed by atoms with E-state index in [9.17, 15) is 30.5 Å². The Balaban J connectivity index is 2.38. The van der Waals surface area contributed by atoms with Crippen LogP contribution in [0.2, 0.25) is 0 Å². The average molecular weight is 323 g/mol. The molecule has 0 spiro atoms. The van der Waals surface area contributed by atoms with Gasteiger partial charge in [-0.05, 0) is 22.9 Å². The van der Waals surface area contributed by atoms with Gasteiger partial charge in [-0.15, -0.1) is 0 Å². The molecule has 0 radical (unpaired) electrons. The normalized spacial score (nSPS) is 13.4. The van der Waals surface area contributed by atoms with E-state index < -0.39 is 27.2 Å². The van der Waals surface area contributed by atoms with Gasteiger partial charge in [0.1, 0.15) is 5.75 Å². The first-order valence-electron chi connectivity index (χ1n) is 5.43. The van der Waals surface area contributed by atoms with E-state index in [1.54, 1.807) is 18.2 Å². The van der Waals surface area contributed by atoms with Crippen molar-refractivity contribution in [3.63, 3.8) is 0 Å². The zero-order valence-corrected chi connectivity index (χ0v) is 10.9. The van der Waals surface area contributed by atoms with Crippen LogP contribution in [0.3, 0.4) is 0 Å². The molecule has 0 aliphatic rings. The van der Waals surface area contributed by atoms with Crippen LogP contribution in [-0.2, 0) is 10.1 Å². The highest BCUT2D eigenvalue weighted by atomic mass is 32.2. The highest BCUT2D eigenvalue weighted by molar-refractivity contribution is 7.86. The van der Waals surface area contributed by atoms with E-state index in [0.717, 1.165) is 12.1 Å². The van der Waals surface area contributed by atoms with Crippen LogP contribution in [0.4, 0.5) is 17.6 Å². The number of hydrogen-bond donors (Lipinski definition) is 0. The molecule has 0 amide bonds. The lowest BCUT2D eigenvalue weighted by Gasteiger charge is -2.28. The Bertz CT molecular complexity index is 774. The third-order valence-electron chi connectivity index (χ3n) is 2.62. The Morgan fingerprint density at radius 3 is 2.10 bits per heavy atom. The number of alkyl halides is 4. The Morgan fingerprint density at radius 2 is 1.52 bits per heavy atom. The Hall–Kier alpha value is -1.87. The van der Waals surface area contributed by atoms with Crippen molar-refractivity contribution in [2.24, 2.45) is 0 Å². The molecule has 0 saturated carbocycles. The van der Waals surface area contributed by atoms with Gasteiger partial charge < -0.3 is 9.29 Å². The summed E-state index contributed by atoms with van der Waals surface area (Å²) in [4.78, 5) is 0. The van der Waals surface area contributed by atoms with Crippen molar-refractivity contribution in [3.8, 4) is 5.75 Å². The number of ether oxygens (including phenoxy) is 1. The van der Waals surface area contributed by atoms with E-state index in [4.69, 9.17) is 0 Å². The van der Waals surface area contributed by atoms with E-state index in [1.165, 1.54) is 12.1 Å². The highest BCUT2D eigenvalue weighted by Crippen LogP contribution is 2.40. The van der Waals surface area contributed by atoms with Crippen LogP contribution < -0.4 is 4.74 Å². The van der Waals surface area contributed by atoms with Gasteiger partial charge in [0.25, 0.3) is 0 Å². The quantitative estimate of drug-likeness (QED) is 0.641. The molecule has 114 valence electrons. The molecule has 0 aliphatic carbocycles. The number of fused-ring (bicyclic) bond motifs is 1. The summed E-state index contributed by atoms with van der Waals surface area (Å²) >= 11 is 0. The van der Waals surface area contributed by atoms with Gasteiger partial charge in [0.05, 0.1) is 0 Å². The summed E-state index contributed by atoms with van der Waals surface area (Å²) in [5.74, 6) is -0.693. The van der Waals surface area contributed by atoms with Crippen molar-refractivity contribution in [1.29, 1.82) is 0 Å². The van der Waals surface area contributed by atoms with Crippen LogP contribution in [-0.4, -0.2) is 24.3 Å². The summed E-state index contributed by atoms with van der Waals surface area (Å²) in [5, 5.41) is -4.83. The van der Waals surface area contributed by atoms with Crippen LogP contribution in [0.15, 0.2) is 42.5 Å². The third-order valence-corrected chi connectivity index (χ3v) is 3.49. The van der Waals surface area contributed by atoms with Gasteiger partial charge >= 0.3 is 11.4 Å². The average Bonchev–Trinajstić information content (AvgIpc) is 2.36. The Morgan fingerprint density at radius 1 is 0.952 bits per heavy atom. The predicted octanol–water partition coefficient (Wildman–Crippen LogP) is 2.95. The maximum Gasteiger partial charge on any atom is 0.479 e. The second-order valence-electron chi connectivity index (χ2n) is 4.10. The molecular weight excluding hydrogens is 316 g/mol. The van der Waals surface area contributed by atoms with Gasteiger partial charge in [-0.1, -0.05) is 30.3 Å². The van der Waals surface area contributed by atoms with E-state index in [2.05, 4.69) is 4.74 Å². The zero-order chi connectivity index (χ0) is 15.9. The smallest absolute Gasteiger partial charge is 0.479 e. The molecule has 0 bridgehead atoms. The fourth-order valence-corrected chi connectivity index (χ4v) is 1.92. The minimum absolute atomic E-state index is 0.416. The SMILES string of the molecule is O=S(=O)([O-])C(F)(F)C(F)(F)Oc1ccc2ccccc2c1. The maximum absolute atomic E-state index is 13.2. The lowest BCUT2D eigenvalue weighted by molar-refractivity contribution is -0.274. The number of hydrogen-bond acceptors (Lipinski definition) is 4. The summed E-state index contributed by atoms with van der Waals surface area (Å²) in [7, 11) is -6.58. The summed E-state index contributed by atoms with van der Waals surface area (Å²) in [6, 6.07) is 9.73. The zero-order valence-electron chi connectivity index (χ0n) is 10.1. The van der Waals surface area contributed by atoms with Crippen LogP contribution in [0.5, 0.6) is 5.75 Å². The molecule has 0 aromatic heterocycles. The first-order valence-corrected chi connectivity index (χ1v) is 6.84. The van der Waals surface area contributed by atoms with Gasteiger partial charge in [-0.3, -0.25) is 0 Å². The molecule has 0 heterocycles. The van der Waals surface area contributed by atoms with Gasteiger partial charge in [0.15, 0.2) is 10.1 Å². The predicted molar refractivity (Wildman–Crippen MR) is 64.2 cm³/mol. The second-order valence-corrected chi connectivity index (χ2v) is 5.52. The van der Waals surface area contributed by atoms with Crippen molar-refractivity contribution in [1.82, 2.24) is 0 Å². The summed E-state index contributed by atoms with van der Waals surface area (Å²) < 4.78 is 86.8. The van der Waals surface area contributed by atoms with E-state index in [0.29, 0.717) is 10.8 Å². The van der Waals surface area contributed by atoms with E-state index >= 15 is 0 Å². The molecule has 0 unspecified atom stereocenters. The molecule has 2 aromatic carbocycles.